The van der Waals surface area contributed by atoms with E-state index in [-0.39, 0.29) is 5.92 Å². The Morgan fingerprint density at radius 1 is 1.21 bits per heavy atom. The third-order valence-corrected chi connectivity index (χ3v) is 3.67. The molecule has 2 rings (SSSR count). The Kier molecular flexibility index (Phi) is 5.71. The van der Waals surface area contributed by atoms with E-state index >= 15 is 0 Å². The molecule has 1 aromatic rings. The van der Waals surface area contributed by atoms with Crippen LogP contribution in [0.15, 0.2) is 30.3 Å². The zero-order valence-electron chi connectivity index (χ0n) is 11.3. The molecule has 0 bridgehead atoms. The summed E-state index contributed by atoms with van der Waals surface area (Å²) in [5, 5.41) is 12.6. The standard InChI is InChI=1S/C16H22N2O/c17-13-14-7-4-5-10-16(14)18-11-6-12-19-15-8-2-1-3-9-15/h1-3,8-9,14,16,18H,4-7,10-12H2. The van der Waals surface area contributed by atoms with Gasteiger partial charge in [0.2, 0.25) is 0 Å². The topological polar surface area (TPSA) is 45.0 Å². The van der Waals surface area contributed by atoms with E-state index in [2.05, 4.69) is 11.4 Å². The molecule has 0 spiro atoms. The number of nitriles is 1. The Bertz CT molecular complexity index is 399. The molecule has 0 radical (unpaired) electrons. The third-order valence-electron chi connectivity index (χ3n) is 3.67. The third kappa shape index (κ3) is 4.57. The molecule has 0 saturated heterocycles. The molecule has 1 fully saturated rings. The summed E-state index contributed by atoms with van der Waals surface area (Å²) in [5.74, 6) is 1.12. The van der Waals surface area contributed by atoms with Crippen LogP contribution in [0.3, 0.4) is 0 Å². The summed E-state index contributed by atoms with van der Waals surface area (Å²) >= 11 is 0. The number of ether oxygens (including phenoxy) is 1. The van der Waals surface area contributed by atoms with Gasteiger partial charge in [-0.3, -0.25) is 0 Å². The fourth-order valence-corrected chi connectivity index (χ4v) is 2.60. The molecule has 2 atom stereocenters. The molecule has 2 unspecified atom stereocenters. The molecule has 0 aliphatic heterocycles. The maximum atomic E-state index is 9.10. The lowest BCUT2D eigenvalue weighted by molar-refractivity contribution is 0.281. The first-order valence-corrected chi connectivity index (χ1v) is 7.21. The first-order chi connectivity index (χ1) is 9.40. The Morgan fingerprint density at radius 3 is 2.79 bits per heavy atom. The normalized spacial score (nSPS) is 22.7. The van der Waals surface area contributed by atoms with Gasteiger partial charge in [0, 0.05) is 6.04 Å². The van der Waals surface area contributed by atoms with E-state index in [1.54, 1.807) is 0 Å². The molecule has 1 saturated carbocycles. The molecule has 1 aliphatic rings. The van der Waals surface area contributed by atoms with E-state index in [0.29, 0.717) is 6.04 Å². The summed E-state index contributed by atoms with van der Waals surface area (Å²) in [6.45, 7) is 1.65. The van der Waals surface area contributed by atoms with E-state index in [1.165, 1.54) is 12.8 Å². The van der Waals surface area contributed by atoms with Gasteiger partial charge in [-0.1, -0.05) is 31.0 Å². The maximum absolute atomic E-state index is 9.10. The van der Waals surface area contributed by atoms with Crippen molar-refractivity contribution in [2.45, 2.75) is 38.1 Å². The molecule has 1 aliphatic carbocycles. The van der Waals surface area contributed by atoms with Crippen LogP contribution in [0.5, 0.6) is 5.75 Å². The van der Waals surface area contributed by atoms with Crippen molar-refractivity contribution in [1.29, 1.82) is 5.26 Å². The highest BCUT2D eigenvalue weighted by Crippen LogP contribution is 2.23. The van der Waals surface area contributed by atoms with Gasteiger partial charge in [0.25, 0.3) is 0 Å². The Hall–Kier alpha value is -1.53. The first-order valence-electron chi connectivity index (χ1n) is 7.21. The minimum Gasteiger partial charge on any atom is -0.494 e. The van der Waals surface area contributed by atoms with E-state index in [1.807, 2.05) is 30.3 Å². The number of nitrogens with zero attached hydrogens (tertiary/aromatic N) is 1. The SMILES string of the molecule is N#CC1CCCCC1NCCCOc1ccccc1. The quantitative estimate of drug-likeness (QED) is 0.797. The van der Waals surface area contributed by atoms with Gasteiger partial charge in [0.05, 0.1) is 18.6 Å². The smallest absolute Gasteiger partial charge is 0.119 e. The van der Waals surface area contributed by atoms with Crippen molar-refractivity contribution in [3.63, 3.8) is 0 Å². The van der Waals surface area contributed by atoms with Crippen LogP contribution in [-0.2, 0) is 0 Å². The van der Waals surface area contributed by atoms with Crippen molar-refractivity contribution in [3.8, 4) is 11.8 Å². The van der Waals surface area contributed by atoms with Gasteiger partial charge in [-0.15, -0.1) is 0 Å². The zero-order chi connectivity index (χ0) is 13.3. The molecule has 0 amide bonds. The molecule has 0 heterocycles. The second kappa shape index (κ2) is 7.81. The summed E-state index contributed by atoms with van der Waals surface area (Å²) < 4.78 is 5.64. The molecular weight excluding hydrogens is 236 g/mol. The lowest BCUT2D eigenvalue weighted by Crippen LogP contribution is -2.38. The second-order valence-corrected chi connectivity index (χ2v) is 5.10. The fraction of sp³-hybridized carbons (Fsp3) is 0.562. The highest BCUT2D eigenvalue weighted by atomic mass is 16.5. The number of hydrogen-bond donors (Lipinski definition) is 1. The predicted octanol–water partition coefficient (Wildman–Crippen LogP) is 3.13. The summed E-state index contributed by atoms with van der Waals surface area (Å²) in [4.78, 5) is 0. The number of hydrogen-bond acceptors (Lipinski definition) is 3. The molecule has 0 aromatic heterocycles. The largest absolute Gasteiger partial charge is 0.494 e. The second-order valence-electron chi connectivity index (χ2n) is 5.10. The number of para-hydroxylation sites is 1. The van der Waals surface area contributed by atoms with Crippen LogP contribution in [0.1, 0.15) is 32.1 Å². The lowest BCUT2D eigenvalue weighted by atomic mass is 9.85. The maximum Gasteiger partial charge on any atom is 0.119 e. The molecular formula is C16H22N2O. The zero-order valence-corrected chi connectivity index (χ0v) is 11.3. The van der Waals surface area contributed by atoms with Gasteiger partial charge in [-0.2, -0.15) is 5.26 Å². The average Bonchev–Trinajstić information content (AvgIpc) is 2.48. The highest BCUT2D eigenvalue weighted by molar-refractivity contribution is 5.20. The number of benzene rings is 1. The van der Waals surface area contributed by atoms with Gasteiger partial charge < -0.3 is 10.1 Å². The van der Waals surface area contributed by atoms with Crippen LogP contribution in [0, 0.1) is 17.2 Å². The number of nitrogens with one attached hydrogen (secondary N) is 1. The molecule has 102 valence electrons. The van der Waals surface area contributed by atoms with E-state index in [9.17, 15) is 0 Å². The van der Waals surface area contributed by atoms with Crippen molar-refractivity contribution < 1.29 is 4.74 Å². The van der Waals surface area contributed by atoms with Crippen LogP contribution >= 0.6 is 0 Å². The van der Waals surface area contributed by atoms with Crippen LogP contribution in [0.4, 0.5) is 0 Å². The van der Waals surface area contributed by atoms with Crippen molar-refractivity contribution >= 4 is 0 Å². The monoisotopic (exact) mass is 258 g/mol. The predicted molar refractivity (Wildman–Crippen MR) is 75.9 cm³/mol. The Labute approximate surface area is 115 Å². The molecule has 3 heteroatoms. The van der Waals surface area contributed by atoms with Crippen LogP contribution in [0.25, 0.3) is 0 Å². The van der Waals surface area contributed by atoms with Crippen molar-refractivity contribution in [1.82, 2.24) is 5.32 Å². The fourth-order valence-electron chi connectivity index (χ4n) is 2.60. The van der Waals surface area contributed by atoms with E-state index in [4.69, 9.17) is 10.00 Å². The van der Waals surface area contributed by atoms with Crippen LogP contribution < -0.4 is 10.1 Å². The molecule has 1 N–H and O–H groups in total. The average molecular weight is 258 g/mol. The van der Waals surface area contributed by atoms with Gasteiger partial charge in [0.15, 0.2) is 0 Å². The summed E-state index contributed by atoms with van der Waals surface area (Å²) in [5.41, 5.74) is 0. The summed E-state index contributed by atoms with van der Waals surface area (Å²) in [6.07, 6.45) is 5.61. The molecule has 1 aromatic carbocycles. The van der Waals surface area contributed by atoms with Gasteiger partial charge in [-0.05, 0) is 37.9 Å². The summed E-state index contributed by atoms with van der Waals surface area (Å²) in [6, 6.07) is 12.7. The van der Waals surface area contributed by atoms with E-state index < -0.39 is 0 Å². The molecule has 3 nitrogen and oxygen atoms in total. The minimum atomic E-state index is 0.198. The minimum absolute atomic E-state index is 0.198. The van der Waals surface area contributed by atoms with Crippen molar-refractivity contribution in [2.24, 2.45) is 5.92 Å². The molecule has 19 heavy (non-hydrogen) atoms. The van der Waals surface area contributed by atoms with Crippen LogP contribution in [-0.4, -0.2) is 19.2 Å². The van der Waals surface area contributed by atoms with Crippen molar-refractivity contribution in [2.75, 3.05) is 13.2 Å². The lowest BCUT2D eigenvalue weighted by Gasteiger charge is -2.27. The Balaban J connectivity index is 1.60. The van der Waals surface area contributed by atoms with E-state index in [0.717, 1.165) is 38.2 Å². The van der Waals surface area contributed by atoms with Gasteiger partial charge in [0.1, 0.15) is 5.75 Å². The first kappa shape index (κ1) is 13.9. The van der Waals surface area contributed by atoms with Crippen LogP contribution in [0.2, 0.25) is 0 Å². The van der Waals surface area contributed by atoms with Crippen molar-refractivity contribution in [3.05, 3.63) is 30.3 Å². The number of rotatable bonds is 6. The van der Waals surface area contributed by atoms with Gasteiger partial charge >= 0.3 is 0 Å². The Morgan fingerprint density at radius 2 is 2.00 bits per heavy atom. The summed E-state index contributed by atoms with van der Waals surface area (Å²) in [7, 11) is 0. The highest BCUT2D eigenvalue weighted by Gasteiger charge is 2.23. The van der Waals surface area contributed by atoms with Gasteiger partial charge in [-0.25, -0.2) is 0 Å².